The van der Waals surface area contributed by atoms with Crippen molar-refractivity contribution >= 4 is 16.9 Å². The Labute approximate surface area is 155 Å². The van der Waals surface area contributed by atoms with E-state index in [1.807, 2.05) is 37.5 Å². The first-order valence-electron chi connectivity index (χ1n) is 8.43. The summed E-state index contributed by atoms with van der Waals surface area (Å²) < 4.78 is 12.7. The molecule has 0 saturated heterocycles. The molecule has 0 saturated carbocycles. The van der Waals surface area contributed by atoms with Crippen molar-refractivity contribution in [2.45, 2.75) is 6.54 Å². The zero-order valence-corrected chi connectivity index (χ0v) is 15.0. The van der Waals surface area contributed by atoms with Crippen molar-refractivity contribution < 1.29 is 13.9 Å². The molecule has 7 heteroatoms. The van der Waals surface area contributed by atoms with Crippen LogP contribution in [0.1, 0.15) is 16.1 Å². The number of ether oxygens (including phenoxy) is 1. The van der Waals surface area contributed by atoms with Gasteiger partial charge in [-0.2, -0.15) is 5.10 Å². The highest BCUT2D eigenvalue weighted by molar-refractivity contribution is 5.97. The molecule has 1 amide bonds. The van der Waals surface area contributed by atoms with Crippen LogP contribution in [0.3, 0.4) is 0 Å². The van der Waals surface area contributed by atoms with Gasteiger partial charge in [0.25, 0.3) is 5.91 Å². The summed E-state index contributed by atoms with van der Waals surface area (Å²) in [5.41, 5.74) is 3.14. The normalized spacial score (nSPS) is 10.9. The van der Waals surface area contributed by atoms with E-state index in [4.69, 9.17) is 9.15 Å². The second kappa shape index (κ2) is 6.95. The summed E-state index contributed by atoms with van der Waals surface area (Å²) in [6.45, 7) is 0.324. The van der Waals surface area contributed by atoms with E-state index in [-0.39, 0.29) is 11.7 Å². The number of benzene rings is 1. The molecule has 136 valence electrons. The lowest BCUT2D eigenvalue weighted by Crippen LogP contribution is -2.22. The van der Waals surface area contributed by atoms with Crippen molar-refractivity contribution in [1.82, 2.24) is 20.1 Å². The number of hydrogen-bond acceptors (Lipinski definition) is 5. The van der Waals surface area contributed by atoms with Gasteiger partial charge in [-0.1, -0.05) is 18.2 Å². The molecule has 1 aromatic carbocycles. The van der Waals surface area contributed by atoms with Crippen LogP contribution in [0.25, 0.3) is 22.2 Å². The monoisotopic (exact) mass is 362 g/mol. The van der Waals surface area contributed by atoms with Crippen LogP contribution in [-0.2, 0) is 13.6 Å². The molecule has 3 aromatic heterocycles. The van der Waals surface area contributed by atoms with Crippen LogP contribution in [0, 0.1) is 0 Å². The van der Waals surface area contributed by atoms with Gasteiger partial charge in [-0.05, 0) is 23.8 Å². The van der Waals surface area contributed by atoms with E-state index in [0.29, 0.717) is 17.9 Å². The lowest BCUT2D eigenvalue weighted by molar-refractivity contribution is 0.0925. The number of furan rings is 1. The van der Waals surface area contributed by atoms with Crippen LogP contribution in [0.5, 0.6) is 5.75 Å². The number of carbonyl (C=O) groups is 1. The van der Waals surface area contributed by atoms with Gasteiger partial charge in [-0.25, -0.2) is 0 Å². The third-order valence-corrected chi connectivity index (χ3v) is 4.26. The number of methoxy groups -OCH3 is 1. The summed E-state index contributed by atoms with van der Waals surface area (Å²) >= 11 is 0. The quantitative estimate of drug-likeness (QED) is 0.590. The Morgan fingerprint density at radius 1 is 1.30 bits per heavy atom. The number of fused-ring (bicyclic) bond motifs is 1. The smallest absolute Gasteiger partial charge is 0.287 e. The fourth-order valence-corrected chi connectivity index (χ4v) is 2.96. The molecule has 0 bridgehead atoms. The fourth-order valence-electron chi connectivity index (χ4n) is 2.96. The summed E-state index contributed by atoms with van der Waals surface area (Å²) in [6, 6.07) is 11.0. The molecule has 4 aromatic rings. The van der Waals surface area contributed by atoms with Gasteiger partial charge < -0.3 is 14.5 Å². The number of aryl methyl sites for hydroxylation is 1. The number of para-hydroxylation sites is 1. The first kappa shape index (κ1) is 16.8. The van der Waals surface area contributed by atoms with Crippen LogP contribution < -0.4 is 10.1 Å². The highest BCUT2D eigenvalue weighted by atomic mass is 16.5. The van der Waals surface area contributed by atoms with E-state index >= 15 is 0 Å². The first-order chi connectivity index (χ1) is 13.2. The van der Waals surface area contributed by atoms with Gasteiger partial charge in [0.15, 0.2) is 17.1 Å². The maximum absolute atomic E-state index is 12.6. The predicted octanol–water partition coefficient (Wildman–Crippen LogP) is 3.17. The lowest BCUT2D eigenvalue weighted by Gasteiger charge is -2.07. The van der Waals surface area contributed by atoms with Gasteiger partial charge >= 0.3 is 0 Å². The molecule has 0 aliphatic carbocycles. The molecule has 27 heavy (non-hydrogen) atoms. The van der Waals surface area contributed by atoms with Crippen molar-refractivity contribution in [1.29, 1.82) is 0 Å². The van der Waals surface area contributed by atoms with E-state index in [9.17, 15) is 4.79 Å². The molecule has 0 atom stereocenters. The minimum absolute atomic E-state index is 0.237. The van der Waals surface area contributed by atoms with Gasteiger partial charge in [0.1, 0.15) is 0 Å². The third-order valence-electron chi connectivity index (χ3n) is 4.26. The van der Waals surface area contributed by atoms with Crippen molar-refractivity contribution in [3.63, 3.8) is 0 Å². The molecule has 0 aliphatic rings. The molecule has 0 fully saturated rings. The summed E-state index contributed by atoms with van der Waals surface area (Å²) in [4.78, 5) is 17.0. The molecule has 0 spiro atoms. The van der Waals surface area contributed by atoms with Crippen molar-refractivity contribution in [3.8, 4) is 17.0 Å². The summed E-state index contributed by atoms with van der Waals surface area (Å²) in [6.07, 6.45) is 5.36. The number of nitrogens with zero attached hydrogens (tertiary/aromatic N) is 3. The number of aromatic nitrogens is 3. The third kappa shape index (κ3) is 3.27. The van der Waals surface area contributed by atoms with Crippen LogP contribution in [-0.4, -0.2) is 27.8 Å². The van der Waals surface area contributed by atoms with Crippen molar-refractivity contribution in [3.05, 3.63) is 66.3 Å². The maximum Gasteiger partial charge on any atom is 0.287 e. The van der Waals surface area contributed by atoms with Crippen LogP contribution in [0.2, 0.25) is 0 Å². The molecular formula is C20H18N4O3. The van der Waals surface area contributed by atoms with Crippen molar-refractivity contribution in [2.24, 2.45) is 7.05 Å². The summed E-state index contributed by atoms with van der Waals surface area (Å²) in [5.74, 6) is 0.535. The average molecular weight is 362 g/mol. The van der Waals surface area contributed by atoms with Gasteiger partial charge in [-0.15, -0.1) is 0 Å². The van der Waals surface area contributed by atoms with Crippen LogP contribution >= 0.6 is 0 Å². The van der Waals surface area contributed by atoms with Gasteiger partial charge in [0.05, 0.1) is 19.0 Å². The molecule has 0 aliphatic heterocycles. The summed E-state index contributed by atoms with van der Waals surface area (Å²) in [7, 11) is 3.42. The minimum Gasteiger partial charge on any atom is -0.493 e. The van der Waals surface area contributed by atoms with E-state index < -0.39 is 0 Å². The SMILES string of the molecule is COc1cccc2cc(C(=O)NCc3cccnc3-c3cnn(C)c3)oc12. The zero-order chi connectivity index (χ0) is 18.8. The van der Waals surface area contributed by atoms with Gasteiger partial charge in [-0.3, -0.25) is 14.5 Å². The molecule has 3 heterocycles. The number of pyridine rings is 1. The van der Waals surface area contributed by atoms with E-state index in [0.717, 1.165) is 22.2 Å². The second-order valence-electron chi connectivity index (χ2n) is 6.09. The van der Waals surface area contributed by atoms with E-state index in [1.165, 1.54) is 0 Å². The maximum atomic E-state index is 12.6. The average Bonchev–Trinajstić information content (AvgIpc) is 3.32. The number of carbonyl (C=O) groups excluding carboxylic acids is 1. The minimum atomic E-state index is -0.297. The molecule has 4 rings (SSSR count). The van der Waals surface area contributed by atoms with Crippen LogP contribution in [0.4, 0.5) is 0 Å². The molecule has 0 radical (unpaired) electrons. The Kier molecular flexibility index (Phi) is 4.33. The van der Waals surface area contributed by atoms with Gasteiger partial charge in [0.2, 0.25) is 0 Å². The molecular weight excluding hydrogens is 344 g/mol. The molecule has 7 nitrogen and oxygen atoms in total. The topological polar surface area (TPSA) is 82.2 Å². The first-order valence-corrected chi connectivity index (χ1v) is 8.43. The molecule has 0 unspecified atom stereocenters. The number of amides is 1. The predicted molar refractivity (Wildman–Crippen MR) is 100 cm³/mol. The Morgan fingerprint density at radius 3 is 2.96 bits per heavy atom. The number of hydrogen-bond donors (Lipinski definition) is 1. The second-order valence-corrected chi connectivity index (χ2v) is 6.09. The largest absolute Gasteiger partial charge is 0.493 e. The van der Waals surface area contributed by atoms with Crippen molar-refractivity contribution in [2.75, 3.05) is 7.11 Å². The standard InChI is InChI=1S/C20H18N4O3/c1-24-12-15(11-23-24)18-14(6-4-8-21-18)10-22-20(25)17-9-13-5-3-7-16(26-2)19(13)27-17/h3-9,11-12H,10H2,1-2H3,(H,22,25). The zero-order valence-electron chi connectivity index (χ0n) is 15.0. The van der Waals surface area contributed by atoms with E-state index in [1.54, 1.807) is 36.3 Å². The summed E-state index contributed by atoms with van der Waals surface area (Å²) in [5, 5.41) is 7.89. The Hall–Kier alpha value is -3.61. The number of nitrogens with one attached hydrogen (secondary N) is 1. The fraction of sp³-hybridized carbons (Fsp3) is 0.150. The molecule has 1 N–H and O–H groups in total. The lowest BCUT2D eigenvalue weighted by atomic mass is 10.1. The Morgan fingerprint density at radius 2 is 2.19 bits per heavy atom. The highest BCUT2D eigenvalue weighted by Gasteiger charge is 2.16. The Balaban J connectivity index is 1.55. The highest BCUT2D eigenvalue weighted by Crippen LogP contribution is 2.28. The Bertz CT molecular complexity index is 1110. The van der Waals surface area contributed by atoms with Gasteiger partial charge in [0, 0.05) is 36.9 Å². The number of rotatable bonds is 5. The van der Waals surface area contributed by atoms with Crippen LogP contribution in [0.15, 0.2) is 59.4 Å². The van der Waals surface area contributed by atoms with E-state index in [2.05, 4.69) is 15.4 Å².